The Kier molecular flexibility index (Phi) is 5.91. The summed E-state index contributed by atoms with van der Waals surface area (Å²) in [4.78, 5) is 17.2. The number of piperidine rings is 1. The van der Waals surface area contributed by atoms with E-state index in [-0.39, 0.29) is 5.91 Å². The van der Waals surface area contributed by atoms with Crippen molar-refractivity contribution in [1.82, 2.24) is 9.80 Å². The van der Waals surface area contributed by atoms with Crippen molar-refractivity contribution in [2.75, 3.05) is 32.7 Å². The van der Waals surface area contributed by atoms with E-state index in [9.17, 15) is 10.0 Å². The molecular formula is C23H29N3O2. The number of carbonyl (C=O) groups is 1. The van der Waals surface area contributed by atoms with Crippen LogP contribution in [-0.2, 0) is 6.42 Å². The Balaban J connectivity index is 1.23. The van der Waals surface area contributed by atoms with Crippen LogP contribution in [0, 0.1) is 17.0 Å². The average molecular weight is 380 g/mol. The average Bonchev–Trinajstić information content (AvgIpc) is 3.24. The fourth-order valence-electron chi connectivity index (χ4n) is 4.67. The number of amides is 1. The third kappa shape index (κ3) is 4.53. The van der Waals surface area contributed by atoms with Gasteiger partial charge in [-0.1, -0.05) is 30.3 Å². The highest BCUT2D eigenvalue weighted by Gasteiger charge is 2.34. The highest BCUT2D eigenvalue weighted by atomic mass is 16.5. The smallest absolute Gasteiger partial charge is 0.254 e. The number of likely N-dealkylation sites (tertiary alicyclic amines) is 2. The molecule has 1 atom stereocenters. The van der Waals surface area contributed by atoms with E-state index in [2.05, 4.69) is 35.2 Å². The van der Waals surface area contributed by atoms with Crippen LogP contribution >= 0.6 is 0 Å². The summed E-state index contributed by atoms with van der Waals surface area (Å²) in [6, 6.07) is 14.0. The molecule has 5 heteroatoms. The van der Waals surface area contributed by atoms with Crippen LogP contribution in [0.3, 0.4) is 0 Å². The third-order valence-electron chi connectivity index (χ3n) is 6.42. The van der Waals surface area contributed by atoms with E-state index in [1.807, 2.05) is 4.90 Å². The van der Waals surface area contributed by atoms with Gasteiger partial charge in [0.1, 0.15) is 0 Å². The molecular weight excluding hydrogens is 350 g/mol. The number of hydrogen-bond donors (Lipinski definition) is 0. The highest BCUT2D eigenvalue weighted by Crippen LogP contribution is 2.32. The minimum absolute atomic E-state index is 0.0587. The summed E-state index contributed by atoms with van der Waals surface area (Å²) in [6.07, 6.45) is 7.50. The summed E-state index contributed by atoms with van der Waals surface area (Å²) in [5.41, 5.74) is 2.03. The molecule has 0 N–H and O–H groups in total. The Bertz CT molecular complexity index is 770. The molecule has 2 fully saturated rings. The van der Waals surface area contributed by atoms with E-state index in [1.165, 1.54) is 43.9 Å². The van der Waals surface area contributed by atoms with Crippen LogP contribution < -0.4 is 4.73 Å². The summed E-state index contributed by atoms with van der Waals surface area (Å²) >= 11 is 0. The molecule has 5 nitrogen and oxygen atoms in total. The Morgan fingerprint density at radius 3 is 2.36 bits per heavy atom. The Morgan fingerprint density at radius 2 is 1.64 bits per heavy atom. The molecule has 0 spiro atoms. The maximum absolute atomic E-state index is 12.7. The lowest BCUT2D eigenvalue weighted by Crippen LogP contribution is -2.38. The van der Waals surface area contributed by atoms with Crippen molar-refractivity contribution in [2.24, 2.45) is 11.8 Å². The van der Waals surface area contributed by atoms with Crippen LogP contribution in [0.2, 0.25) is 0 Å². The van der Waals surface area contributed by atoms with Gasteiger partial charge in [-0.2, -0.15) is 4.73 Å². The van der Waals surface area contributed by atoms with Gasteiger partial charge in [0.2, 0.25) is 0 Å². The van der Waals surface area contributed by atoms with Gasteiger partial charge in [0.25, 0.3) is 5.91 Å². The summed E-state index contributed by atoms with van der Waals surface area (Å²) in [6.45, 7) is 5.18. The molecule has 2 aliphatic rings. The van der Waals surface area contributed by atoms with Gasteiger partial charge in [0.05, 0.1) is 5.56 Å². The summed E-state index contributed by atoms with van der Waals surface area (Å²) in [7, 11) is 0. The molecule has 1 amide bonds. The van der Waals surface area contributed by atoms with Gasteiger partial charge >= 0.3 is 0 Å². The lowest BCUT2D eigenvalue weighted by Gasteiger charge is -2.34. The normalized spacial score (nSPS) is 21.1. The number of hydrogen-bond acceptors (Lipinski definition) is 3. The Hall–Kier alpha value is -2.40. The minimum Gasteiger partial charge on any atom is -0.619 e. The van der Waals surface area contributed by atoms with Gasteiger partial charge in [-0.05, 0) is 56.2 Å². The van der Waals surface area contributed by atoms with Crippen LogP contribution in [0.15, 0.2) is 54.9 Å². The number of pyridine rings is 1. The largest absolute Gasteiger partial charge is 0.619 e. The SMILES string of the molecule is O=C(c1cc[n+]([O-])cc1)N1CC[C@@H](C2CCN(CCc3ccccc3)CC2)C1. The van der Waals surface area contributed by atoms with Crippen molar-refractivity contribution in [1.29, 1.82) is 0 Å². The molecule has 2 aliphatic heterocycles. The fourth-order valence-corrected chi connectivity index (χ4v) is 4.67. The van der Waals surface area contributed by atoms with Crippen molar-refractivity contribution < 1.29 is 9.52 Å². The molecule has 2 aromatic rings. The molecule has 4 rings (SSSR count). The third-order valence-corrected chi connectivity index (χ3v) is 6.42. The zero-order valence-corrected chi connectivity index (χ0v) is 16.4. The first-order valence-corrected chi connectivity index (χ1v) is 10.4. The van der Waals surface area contributed by atoms with Gasteiger partial charge in [-0.15, -0.1) is 0 Å². The second-order valence-corrected chi connectivity index (χ2v) is 8.16. The number of aromatic nitrogens is 1. The predicted molar refractivity (Wildman–Crippen MR) is 109 cm³/mol. The molecule has 28 heavy (non-hydrogen) atoms. The van der Waals surface area contributed by atoms with Gasteiger partial charge in [0.15, 0.2) is 12.4 Å². The number of nitrogens with zero attached hydrogens (tertiary/aromatic N) is 3. The first-order chi connectivity index (χ1) is 13.7. The lowest BCUT2D eigenvalue weighted by molar-refractivity contribution is -0.605. The molecule has 1 aromatic heterocycles. The summed E-state index contributed by atoms with van der Waals surface area (Å²) in [5.74, 6) is 1.40. The van der Waals surface area contributed by atoms with Gasteiger partial charge in [0, 0.05) is 31.8 Å². The lowest BCUT2D eigenvalue weighted by atomic mass is 9.83. The van der Waals surface area contributed by atoms with Crippen molar-refractivity contribution in [2.45, 2.75) is 25.7 Å². The predicted octanol–water partition coefficient (Wildman–Crippen LogP) is 2.74. The zero-order valence-electron chi connectivity index (χ0n) is 16.4. The van der Waals surface area contributed by atoms with Crippen molar-refractivity contribution in [3.63, 3.8) is 0 Å². The Labute approximate surface area is 167 Å². The van der Waals surface area contributed by atoms with E-state index >= 15 is 0 Å². The van der Waals surface area contributed by atoms with Crippen LogP contribution in [0.5, 0.6) is 0 Å². The quantitative estimate of drug-likeness (QED) is 0.593. The number of carbonyl (C=O) groups excluding carboxylic acids is 1. The van der Waals surface area contributed by atoms with Gasteiger partial charge < -0.3 is 15.0 Å². The van der Waals surface area contributed by atoms with Crippen molar-refractivity contribution in [3.8, 4) is 0 Å². The summed E-state index contributed by atoms with van der Waals surface area (Å²) in [5, 5.41) is 11.2. The first-order valence-electron chi connectivity index (χ1n) is 10.4. The highest BCUT2D eigenvalue weighted by molar-refractivity contribution is 5.94. The molecule has 148 valence electrons. The van der Waals surface area contributed by atoms with Crippen LogP contribution in [0.1, 0.15) is 35.2 Å². The zero-order chi connectivity index (χ0) is 19.3. The molecule has 0 saturated carbocycles. The van der Waals surface area contributed by atoms with E-state index in [1.54, 1.807) is 12.1 Å². The van der Waals surface area contributed by atoms with E-state index in [4.69, 9.17) is 0 Å². The second kappa shape index (κ2) is 8.74. The fraction of sp³-hybridized carbons (Fsp3) is 0.478. The monoisotopic (exact) mass is 379 g/mol. The van der Waals surface area contributed by atoms with Gasteiger partial charge in [-0.3, -0.25) is 4.79 Å². The maximum Gasteiger partial charge on any atom is 0.254 e. The standard InChI is InChI=1S/C23H29N3O2/c27-23(21-10-16-26(28)17-11-21)25-15-9-22(18-25)20-7-13-24(14-8-20)12-6-19-4-2-1-3-5-19/h1-5,10-11,16-17,20,22H,6-9,12-15,18H2/t22-/m1/s1. The van der Waals surface area contributed by atoms with Crippen LogP contribution in [0.4, 0.5) is 0 Å². The molecule has 0 aliphatic carbocycles. The maximum atomic E-state index is 12.7. The second-order valence-electron chi connectivity index (χ2n) is 8.16. The van der Waals surface area contributed by atoms with Crippen molar-refractivity contribution in [3.05, 3.63) is 71.2 Å². The number of rotatable bonds is 5. The van der Waals surface area contributed by atoms with E-state index in [0.717, 1.165) is 43.1 Å². The van der Waals surface area contributed by atoms with Gasteiger partial charge in [-0.25, -0.2) is 0 Å². The first kappa shape index (κ1) is 18.9. The topological polar surface area (TPSA) is 50.5 Å². The molecule has 0 bridgehead atoms. The molecule has 0 radical (unpaired) electrons. The van der Waals surface area contributed by atoms with Crippen molar-refractivity contribution >= 4 is 5.91 Å². The molecule has 1 aromatic carbocycles. The van der Waals surface area contributed by atoms with E-state index in [0.29, 0.717) is 11.5 Å². The summed E-state index contributed by atoms with van der Waals surface area (Å²) < 4.78 is 0.717. The Morgan fingerprint density at radius 1 is 0.964 bits per heavy atom. The van der Waals surface area contributed by atoms with E-state index < -0.39 is 0 Å². The van der Waals surface area contributed by atoms with Crippen LogP contribution in [-0.4, -0.2) is 48.4 Å². The molecule has 0 unspecified atom stereocenters. The minimum atomic E-state index is 0.0587. The van der Waals surface area contributed by atoms with Crippen LogP contribution in [0.25, 0.3) is 0 Å². The molecule has 2 saturated heterocycles. The number of benzene rings is 1. The molecule has 3 heterocycles.